The third kappa shape index (κ3) is 4.74. The van der Waals surface area contributed by atoms with Crippen molar-refractivity contribution in [3.05, 3.63) is 95.7 Å². The Hall–Kier alpha value is -3.58. The average Bonchev–Trinajstić information content (AvgIpc) is 2.67. The molecule has 0 aromatic carbocycles. The lowest BCUT2D eigenvalue weighted by molar-refractivity contribution is -0.133. The number of hydrogen-bond acceptors (Lipinski definition) is 4. The van der Waals surface area contributed by atoms with E-state index in [1.807, 2.05) is 70.8 Å². The van der Waals surface area contributed by atoms with Crippen molar-refractivity contribution < 1.29 is 25.3 Å². The molecule has 4 rings (SSSR count). The molecule has 4 aliphatic heterocycles. The van der Waals surface area contributed by atoms with Crippen molar-refractivity contribution in [3.8, 4) is 0 Å². The Kier molecular flexibility index (Phi) is 6.35. The highest BCUT2D eigenvalue weighted by Crippen LogP contribution is 2.20. The van der Waals surface area contributed by atoms with Crippen LogP contribution >= 0.6 is 0 Å². The number of carboxylic acids is 2. The van der Waals surface area contributed by atoms with Crippen LogP contribution in [0.25, 0.3) is 0 Å². The summed E-state index contributed by atoms with van der Waals surface area (Å²) in [6.45, 7) is 0.893. The number of fused-ring (bicyclic) bond motifs is 2. The number of carboxylic acid groups (broad SMARTS) is 2. The third-order valence-corrected chi connectivity index (χ3v) is 4.09. The molecule has 0 amide bonds. The van der Waals surface area contributed by atoms with Crippen LogP contribution in [0.5, 0.6) is 0 Å². The summed E-state index contributed by atoms with van der Waals surface area (Å²) in [6.07, 6.45) is 22.2. The topological polar surface area (TPSA) is 113 Å². The third-order valence-electron chi connectivity index (χ3n) is 4.09. The van der Waals surface area contributed by atoms with Gasteiger partial charge in [0.25, 0.3) is 0 Å². The van der Waals surface area contributed by atoms with Crippen LogP contribution in [0.15, 0.2) is 95.7 Å². The van der Waals surface area contributed by atoms with Crippen LogP contribution in [0.1, 0.15) is 0 Å². The summed E-state index contributed by atoms with van der Waals surface area (Å²) < 4.78 is 0. The van der Waals surface area contributed by atoms with Crippen LogP contribution in [-0.4, -0.2) is 50.5 Å². The zero-order chi connectivity index (χ0) is 18.5. The fraction of sp³-hybridized carbons (Fsp3) is 0.100. The van der Waals surface area contributed by atoms with E-state index in [-0.39, 0.29) is 5.48 Å². The summed E-state index contributed by atoms with van der Waals surface area (Å²) >= 11 is 0. The van der Waals surface area contributed by atoms with Crippen molar-refractivity contribution in [3.63, 3.8) is 0 Å². The minimum absolute atomic E-state index is 0. The summed E-state index contributed by atoms with van der Waals surface area (Å²) in [7, 11) is 0. The van der Waals surface area contributed by atoms with Gasteiger partial charge in [0.15, 0.2) is 0 Å². The lowest BCUT2D eigenvalue weighted by Gasteiger charge is -2.26. The van der Waals surface area contributed by atoms with Crippen LogP contribution in [0.2, 0.25) is 0 Å². The number of aliphatic carboxylic acids is 2. The molecule has 0 bridgehead atoms. The zero-order valence-electron chi connectivity index (χ0n) is 14.4. The molecule has 27 heavy (non-hydrogen) atoms. The van der Waals surface area contributed by atoms with E-state index >= 15 is 0 Å². The first-order valence-corrected chi connectivity index (χ1v) is 8.06. The van der Waals surface area contributed by atoms with E-state index in [9.17, 15) is 9.59 Å². The molecule has 4 N–H and O–H groups in total. The van der Waals surface area contributed by atoms with Crippen molar-refractivity contribution in [2.45, 2.75) is 0 Å². The number of allylic oxidation sites excluding steroid dienone is 10. The molecule has 0 saturated heterocycles. The molecule has 0 aromatic heterocycles. The number of carbonyl (C=O) groups is 2. The Balaban J connectivity index is 0.000000187. The first-order valence-electron chi connectivity index (χ1n) is 8.06. The smallest absolute Gasteiger partial charge is 0.333 e. The molecular weight excluding hydrogens is 348 g/mol. The summed E-state index contributed by atoms with van der Waals surface area (Å²) in [5.41, 5.74) is 2.91. The van der Waals surface area contributed by atoms with E-state index in [4.69, 9.17) is 10.2 Å². The Morgan fingerprint density at radius 2 is 1.11 bits per heavy atom. The maximum absolute atomic E-state index is 10.7. The monoisotopic (exact) mass is 368 g/mol. The molecule has 7 nitrogen and oxygen atoms in total. The number of hydrogen-bond donors (Lipinski definition) is 2. The Morgan fingerprint density at radius 1 is 0.704 bits per heavy atom. The molecule has 0 saturated carbocycles. The molecule has 0 fully saturated rings. The molecule has 0 spiro atoms. The first kappa shape index (κ1) is 19.7. The second kappa shape index (κ2) is 8.68. The van der Waals surface area contributed by atoms with Gasteiger partial charge in [-0.3, -0.25) is 0 Å². The summed E-state index contributed by atoms with van der Waals surface area (Å²) in [6, 6.07) is 0. The number of nitrogens with zero attached hydrogens (tertiary/aromatic N) is 2. The molecule has 0 unspecified atom stereocenters. The molecule has 0 radical (unpaired) electrons. The predicted octanol–water partition coefficient (Wildman–Crippen LogP) is 1.74. The van der Waals surface area contributed by atoms with Crippen molar-refractivity contribution in [1.82, 2.24) is 9.80 Å². The molecule has 0 atom stereocenters. The van der Waals surface area contributed by atoms with Crippen molar-refractivity contribution in [2.24, 2.45) is 0 Å². The van der Waals surface area contributed by atoms with Crippen LogP contribution in [0.3, 0.4) is 0 Å². The molecule has 7 heteroatoms. The number of rotatable bonds is 2. The van der Waals surface area contributed by atoms with Crippen molar-refractivity contribution in [1.29, 1.82) is 0 Å². The van der Waals surface area contributed by atoms with Gasteiger partial charge in [0.2, 0.25) is 0 Å². The molecule has 4 heterocycles. The lowest BCUT2D eigenvalue weighted by Crippen LogP contribution is -2.25. The van der Waals surface area contributed by atoms with E-state index in [1.165, 1.54) is 0 Å². The largest absolute Gasteiger partial charge is 0.478 e. The van der Waals surface area contributed by atoms with Crippen LogP contribution in [-0.2, 0) is 9.59 Å². The Labute approximate surface area is 156 Å². The van der Waals surface area contributed by atoms with Gasteiger partial charge >= 0.3 is 11.9 Å². The predicted molar refractivity (Wildman–Crippen MR) is 101 cm³/mol. The van der Waals surface area contributed by atoms with Crippen LogP contribution in [0.4, 0.5) is 0 Å². The van der Waals surface area contributed by atoms with Gasteiger partial charge in [-0.05, 0) is 48.6 Å². The van der Waals surface area contributed by atoms with Gasteiger partial charge in [-0.25, -0.2) is 9.59 Å². The highest BCUT2D eigenvalue weighted by Gasteiger charge is 2.17. The standard InChI is InChI=1S/2C10H9NO2.H2O/c2*12-10(13)8-4-5-9-3-1-2-6-11(9)7-8;/h2*1-6H,7H2,(H,12,13);1H2. The maximum atomic E-state index is 10.7. The fourth-order valence-electron chi connectivity index (χ4n) is 2.69. The van der Waals surface area contributed by atoms with Gasteiger partial charge in [-0.15, -0.1) is 0 Å². The van der Waals surface area contributed by atoms with Gasteiger partial charge in [0, 0.05) is 23.8 Å². The molecule has 0 aliphatic carbocycles. The van der Waals surface area contributed by atoms with E-state index in [0.29, 0.717) is 24.2 Å². The normalized spacial score (nSPS) is 18.5. The zero-order valence-corrected chi connectivity index (χ0v) is 14.4. The average molecular weight is 368 g/mol. The van der Waals surface area contributed by atoms with Gasteiger partial charge in [0.05, 0.1) is 24.2 Å². The van der Waals surface area contributed by atoms with Gasteiger partial charge in [-0.2, -0.15) is 0 Å². The minimum atomic E-state index is -0.849. The molecule has 0 aromatic rings. The summed E-state index contributed by atoms with van der Waals surface area (Å²) in [5.74, 6) is -1.70. The van der Waals surface area contributed by atoms with Gasteiger partial charge in [-0.1, -0.05) is 12.2 Å². The highest BCUT2D eigenvalue weighted by atomic mass is 16.4. The van der Waals surface area contributed by atoms with Crippen molar-refractivity contribution in [2.75, 3.05) is 13.1 Å². The molecule has 4 aliphatic rings. The SMILES string of the molecule is O.O=C(O)C1=CC=C2C=CC=CN2C1.O=C(O)C1=CC=C2C=CC=CN2C1. The maximum Gasteiger partial charge on any atom is 0.333 e. The van der Waals surface area contributed by atoms with E-state index < -0.39 is 11.9 Å². The Bertz CT molecular complexity index is 797. The molecule has 140 valence electrons. The summed E-state index contributed by atoms with van der Waals surface area (Å²) in [4.78, 5) is 25.1. The van der Waals surface area contributed by atoms with E-state index in [0.717, 1.165) is 11.4 Å². The van der Waals surface area contributed by atoms with Crippen LogP contribution < -0.4 is 0 Å². The van der Waals surface area contributed by atoms with Gasteiger partial charge < -0.3 is 25.5 Å². The second-order valence-electron chi connectivity index (χ2n) is 5.83. The quantitative estimate of drug-likeness (QED) is 0.768. The van der Waals surface area contributed by atoms with Gasteiger partial charge in [0.1, 0.15) is 0 Å². The first-order chi connectivity index (χ1) is 12.5. The second-order valence-corrected chi connectivity index (χ2v) is 5.83. The van der Waals surface area contributed by atoms with E-state index in [1.54, 1.807) is 12.2 Å². The minimum Gasteiger partial charge on any atom is -0.478 e. The fourth-order valence-corrected chi connectivity index (χ4v) is 2.69. The lowest BCUT2D eigenvalue weighted by atomic mass is 10.1. The Morgan fingerprint density at radius 3 is 1.48 bits per heavy atom. The summed E-state index contributed by atoms with van der Waals surface area (Å²) in [5, 5.41) is 17.5. The molecular formula is C20H20N2O5. The highest BCUT2D eigenvalue weighted by molar-refractivity contribution is 5.88. The van der Waals surface area contributed by atoms with Crippen LogP contribution in [0, 0.1) is 0 Å². The van der Waals surface area contributed by atoms with Crippen molar-refractivity contribution >= 4 is 11.9 Å². The van der Waals surface area contributed by atoms with E-state index in [2.05, 4.69) is 0 Å².